The molecule has 0 aliphatic heterocycles. The van der Waals surface area contributed by atoms with E-state index in [9.17, 15) is 4.79 Å². The zero-order chi connectivity index (χ0) is 16.1. The summed E-state index contributed by atoms with van der Waals surface area (Å²) in [5.41, 5.74) is 5.72. The molecule has 0 heterocycles. The molecule has 1 amide bonds. The average molecular weight is 297 g/mol. The molecule has 2 aromatic rings. The minimum absolute atomic E-state index is 0.0554. The Morgan fingerprint density at radius 2 is 1.77 bits per heavy atom. The van der Waals surface area contributed by atoms with Crippen LogP contribution in [0.3, 0.4) is 0 Å². The molecular weight excluding hydrogens is 272 g/mol. The molecule has 1 unspecified atom stereocenters. The Balaban J connectivity index is 1.94. The van der Waals surface area contributed by atoms with Gasteiger partial charge in [0.05, 0.1) is 7.05 Å². The maximum Gasteiger partial charge on any atom is 0.279 e. The third-order valence-corrected chi connectivity index (χ3v) is 3.88. The summed E-state index contributed by atoms with van der Waals surface area (Å²) in [6.45, 7) is 7.47. The summed E-state index contributed by atoms with van der Waals surface area (Å²) < 4.78 is 0. The van der Waals surface area contributed by atoms with Crippen molar-refractivity contribution < 1.29 is 9.69 Å². The molecule has 3 nitrogen and oxygen atoms in total. The number of amides is 1. The van der Waals surface area contributed by atoms with Crippen LogP contribution >= 0.6 is 0 Å². The molecule has 0 aliphatic carbocycles. The van der Waals surface area contributed by atoms with E-state index in [-0.39, 0.29) is 5.91 Å². The van der Waals surface area contributed by atoms with Crippen LogP contribution in [0.15, 0.2) is 42.5 Å². The molecule has 0 saturated carbocycles. The van der Waals surface area contributed by atoms with E-state index >= 15 is 0 Å². The van der Waals surface area contributed by atoms with E-state index in [0.717, 1.165) is 23.4 Å². The molecule has 0 bridgehead atoms. The molecule has 0 aliphatic rings. The van der Waals surface area contributed by atoms with Gasteiger partial charge in [-0.15, -0.1) is 0 Å². The van der Waals surface area contributed by atoms with Crippen LogP contribution in [0.4, 0.5) is 5.69 Å². The predicted octanol–water partition coefficient (Wildman–Crippen LogP) is 2.27. The van der Waals surface area contributed by atoms with Crippen molar-refractivity contribution in [3.8, 4) is 0 Å². The lowest BCUT2D eigenvalue weighted by molar-refractivity contribution is -0.885. The predicted molar refractivity (Wildman–Crippen MR) is 91.2 cm³/mol. The second kappa shape index (κ2) is 7.23. The number of aryl methyl sites for hydroxylation is 3. The summed E-state index contributed by atoms with van der Waals surface area (Å²) in [6, 6.07) is 14.4. The van der Waals surface area contributed by atoms with Gasteiger partial charge in [0.1, 0.15) is 6.54 Å². The van der Waals surface area contributed by atoms with Crippen LogP contribution in [0.2, 0.25) is 0 Å². The molecule has 0 radical (unpaired) electrons. The fourth-order valence-electron chi connectivity index (χ4n) is 2.54. The molecule has 2 rings (SSSR count). The number of benzene rings is 2. The second-order valence-corrected chi connectivity index (χ2v) is 6.10. The smallest absolute Gasteiger partial charge is 0.279 e. The van der Waals surface area contributed by atoms with Crippen molar-refractivity contribution in [1.82, 2.24) is 0 Å². The number of hydrogen-bond acceptors (Lipinski definition) is 1. The Morgan fingerprint density at radius 1 is 1.05 bits per heavy atom. The number of rotatable bonds is 5. The van der Waals surface area contributed by atoms with Gasteiger partial charge in [0.15, 0.2) is 6.54 Å². The van der Waals surface area contributed by atoms with Crippen molar-refractivity contribution in [2.24, 2.45) is 0 Å². The molecule has 116 valence electrons. The largest absolute Gasteiger partial charge is 0.326 e. The molecule has 2 aromatic carbocycles. The molecule has 1 atom stereocenters. The second-order valence-electron chi connectivity index (χ2n) is 6.10. The highest BCUT2D eigenvalue weighted by Crippen LogP contribution is 2.15. The molecule has 22 heavy (non-hydrogen) atoms. The summed E-state index contributed by atoms with van der Waals surface area (Å²) in [5.74, 6) is 0.0554. The first-order valence-corrected chi connectivity index (χ1v) is 7.68. The first-order chi connectivity index (χ1) is 10.5. The fraction of sp³-hybridized carbons (Fsp3) is 0.316. The number of nitrogens with one attached hydrogen (secondary N) is 2. The van der Waals surface area contributed by atoms with E-state index < -0.39 is 0 Å². The van der Waals surface area contributed by atoms with Crippen LogP contribution in [0, 0.1) is 20.8 Å². The standard InChI is InChI=1S/C19H24N2O/c1-14-9-10-16(3)18(11-14)20-19(22)13-21(4)12-17-8-6-5-7-15(17)2/h5-11H,12-13H2,1-4H3,(H,20,22)/p+1. The Bertz CT molecular complexity index is 664. The summed E-state index contributed by atoms with van der Waals surface area (Å²) in [6.07, 6.45) is 0. The maximum atomic E-state index is 12.2. The minimum Gasteiger partial charge on any atom is -0.326 e. The minimum atomic E-state index is 0.0554. The molecule has 0 spiro atoms. The van der Waals surface area contributed by atoms with Gasteiger partial charge in [-0.3, -0.25) is 4.79 Å². The van der Waals surface area contributed by atoms with Gasteiger partial charge in [-0.25, -0.2) is 0 Å². The number of hydrogen-bond donors (Lipinski definition) is 2. The summed E-state index contributed by atoms with van der Waals surface area (Å²) in [7, 11) is 2.05. The Labute approximate surface area is 133 Å². The first-order valence-electron chi connectivity index (χ1n) is 7.68. The Kier molecular flexibility index (Phi) is 5.34. The van der Waals surface area contributed by atoms with Crippen molar-refractivity contribution in [2.45, 2.75) is 27.3 Å². The van der Waals surface area contributed by atoms with Gasteiger partial charge >= 0.3 is 0 Å². The lowest BCUT2D eigenvalue weighted by atomic mass is 10.1. The zero-order valence-corrected chi connectivity index (χ0v) is 13.9. The molecule has 0 fully saturated rings. The number of carbonyl (C=O) groups excluding carboxylic acids is 1. The van der Waals surface area contributed by atoms with Crippen molar-refractivity contribution in [3.05, 3.63) is 64.7 Å². The van der Waals surface area contributed by atoms with Crippen molar-refractivity contribution >= 4 is 11.6 Å². The van der Waals surface area contributed by atoms with Gasteiger partial charge in [0.2, 0.25) is 0 Å². The van der Waals surface area contributed by atoms with E-state index in [1.165, 1.54) is 16.0 Å². The monoisotopic (exact) mass is 297 g/mol. The van der Waals surface area contributed by atoms with Crippen LogP contribution in [0.1, 0.15) is 22.3 Å². The third-order valence-electron chi connectivity index (χ3n) is 3.88. The number of quaternary nitrogens is 1. The van der Waals surface area contributed by atoms with Crippen molar-refractivity contribution in [3.63, 3.8) is 0 Å². The van der Waals surface area contributed by atoms with Gasteiger partial charge in [-0.1, -0.05) is 36.4 Å². The van der Waals surface area contributed by atoms with E-state index in [1.54, 1.807) is 0 Å². The van der Waals surface area contributed by atoms with Crippen LogP contribution in [-0.2, 0) is 11.3 Å². The molecule has 0 saturated heterocycles. The number of likely N-dealkylation sites (N-methyl/N-ethyl adjacent to an activating group) is 1. The zero-order valence-electron chi connectivity index (χ0n) is 13.9. The SMILES string of the molecule is Cc1ccc(C)c(NC(=O)C[NH+](C)Cc2ccccc2C)c1. The van der Waals surface area contributed by atoms with E-state index in [4.69, 9.17) is 0 Å². The number of carbonyl (C=O) groups is 1. The lowest BCUT2D eigenvalue weighted by Crippen LogP contribution is -3.08. The highest BCUT2D eigenvalue weighted by atomic mass is 16.2. The first kappa shape index (κ1) is 16.2. The van der Waals surface area contributed by atoms with Crippen molar-refractivity contribution in [1.29, 1.82) is 0 Å². The van der Waals surface area contributed by atoms with E-state index in [2.05, 4.69) is 37.5 Å². The lowest BCUT2D eigenvalue weighted by Gasteiger charge is -2.16. The normalized spacial score (nSPS) is 12.0. The van der Waals surface area contributed by atoms with Crippen LogP contribution in [0.25, 0.3) is 0 Å². The Morgan fingerprint density at radius 3 is 2.50 bits per heavy atom. The highest BCUT2D eigenvalue weighted by molar-refractivity contribution is 5.92. The van der Waals surface area contributed by atoms with Crippen LogP contribution in [-0.4, -0.2) is 19.5 Å². The molecular formula is C19H25N2O+. The van der Waals surface area contributed by atoms with Gasteiger partial charge in [-0.05, 0) is 43.5 Å². The average Bonchev–Trinajstić information content (AvgIpc) is 2.45. The quantitative estimate of drug-likeness (QED) is 0.872. The summed E-state index contributed by atoms with van der Waals surface area (Å²) >= 11 is 0. The van der Waals surface area contributed by atoms with E-state index in [1.807, 2.05) is 38.1 Å². The van der Waals surface area contributed by atoms with Crippen molar-refractivity contribution in [2.75, 3.05) is 18.9 Å². The number of anilines is 1. The van der Waals surface area contributed by atoms with Gasteiger partial charge in [-0.2, -0.15) is 0 Å². The van der Waals surface area contributed by atoms with Gasteiger partial charge in [0.25, 0.3) is 5.91 Å². The third kappa shape index (κ3) is 4.43. The van der Waals surface area contributed by atoms with Gasteiger partial charge < -0.3 is 10.2 Å². The molecule has 0 aromatic heterocycles. The van der Waals surface area contributed by atoms with Crippen LogP contribution in [0.5, 0.6) is 0 Å². The summed E-state index contributed by atoms with van der Waals surface area (Å²) in [5, 5.41) is 3.02. The maximum absolute atomic E-state index is 12.2. The van der Waals surface area contributed by atoms with Crippen LogP contribution < -0.4 is 10.2 Å². The fourth-order valence-corrected chi connectivity index (χ4v) is 2.54. The topological polar surface area (TPSA) is 33.5 Å². The molecule has 3 heteroatoms. The Hall–Kier alpha value is -2.13. The van der Waals surface area contributed by atoms with Gasteiger partial charge in [0, 0.05) is 11.3 Å². The van der Waals surface area contributed by atoms with E-state index in [0.29, 0.717) is 6.54 Å². The molecule has 2 N–H and O–H groups in total. The summed E-state index contributed by atoms with van der Waals surface area (Å²) in [4.78, 5) is 13.4. The highest BCUT2D eigenvalue weighted by Gasteiger charge is 2.12.